The average molecular weight is 252 g/mol. The van der Waals surface area contributed by atoms with Gasteiger partial charge in [-0.3, -0.25) is 4.57 Å². The van der Waals surface area contributed by atoms with Crippen LogP contribution in [0.3, 0.4) is 0 Å². The minimum Gasteiger partial charge on any atom is -0.345 e. The molecule has 0 bridgehead atoms. The zero-order chi connectivity index (χ0) is 8.27. The summed E-state index contributed by atoms with van der Waals surface area (Å²) in [5.74, 6) is -0.721. The Morgan fingerprint density at radius 2 is 1.83 bits per heavy atom. The number of hydrogen-bond donors (Lipinski definition) is 2. The maximum Gasteiger partial charge on any atom is 0.209 e. The summed E-state index contributed by atoms with van der Waals surface area (Å²) in [6.07, 6.45) is 0. The first kappa shape index (κ1) is 11.8. The summed E-state index contributed by atoms with van der Waals surface area (Å²) >= 11 is 0. The van der Waals surface area contributed by atoms with Gasteiger partial charge < -0.3 is 10.6 Å². The van der Waals surface area contributed by atoms with Gasteiger partial charge in [-0.25, -0.2) is 0 Å². The molecule has 1 aromatic carbocycles. The first-order valence-electron chi connectivity index (χ1n) is 3.25. The SMILES string of the molecule is Br.NC(c1ccccc1)[PH](=O)O. The van der Waals surface area contributed by atoms with Crippen LogP contribution >= 0.6 is 25.0 Å². The Labute approximate surface area is 82.2 Å². The van der Waals surface area contributed by atoms with Crippen LogP contribution in [0.4, 0.5) is 0 Å². The molecule has 3 N–H and O–H groups in total. The average Bonchev–Trinajstić information content (AvgIpc) is 2.05. The fourth-order valence-electron chi connectivity index (χ4n) is 0.803. The third-order valence-electron chi connectivity index (χ3n) is 1.42. The molecule has 0 spiro atoms. The maximum atomic E-state index is 10.6. The first-order chi connectivity index (χ1) is 5.22. The van der Waals surface area contributed by atoms with Crippen molar-refractivity contribution >= 4 is 25.0 Å². The van der Waals surface area contributed by atoms with Gasteiger partial charge in [-0.1, -0.05) is 30.3 Å². The second-order valence-electron chi connectivity index (χ2n) is 2.23. The molecule has 2 unspecified atom stereocenters. The highest BCUT2D eigenvalue weighted by Crippen LogP contribution is 2.31. The topological polar surface area (TPSA) is 63.3 Å². The van der Waals surface area contributed by atoms with Crippen LogP contribution in [0.2, 0.25) is 0 Å². The summed E-state index contributed by atoms with van der Waals surface area (Å²) in [5.41, 5.74) is 6.13. The molecule has 3 nitrogen and oxygen atoms in total. The van der Waals surface area contributed by atoms with Crippen molar-refractivity contribution in [3.63, 3.8) is 0 Å². The van der Waals surface area contributed by atoms with Crippen LogP contribution in [-0.4, -0.2) is 4.89 Å². The van der Waals surface area contributed by atoms with Crippen molar-refractivity contribution in [2.75, 3.05) is 0 Å². The van der Waals surface area contributed by atoms with Crippen molar-refractivity contribution < 1.29 is 9.46 Å². The Kier molecular flexibility index (Phi) is 5.42. The van der Waals surface area contributed by atoms with Gasteiger partial charge in [0.1, 0.15) is 5.78 Å². The van der Waals surface area contributed by atoms with Crippen molar-refractivity contribution in [1.29, 1.82) is 0 Å². The van der Waals surface area contributed by atoms with Crippen molar-refractivity contribution in [2.24, 2.45) is 5.73 Å². The van der Waals surface area contributed by atoms with E-state index in [1.807, 2.05) is 6.07 Å². The highest BCUT2D eigenvalue weighted by Gasteiger charge is 2.09. The number of hydrogen-bond acceptors (Lipinski definition) is 2. The molecular weight excluding hydrogens is 241 g/mol. The number of nitrogens with two attached hydrogens (primary N) is 1. The predicted molar refractivity (Wildman–Crippen MR) is 54.9 cm³/mol. The molecule has 1 aromatic rings. The van der Waals surface area contributed by atoms with E-state index >= 15 is 0 Å². The van der Waals surface area contributed by atoms with Gasteiger partial charge in [0.05, 0.1) is 0 Å². The van der Waals surface area contributed by atoms with Crippen LogP contribution in [-0.2, 0) is 4.57 Å². The number of halogens is 1. The number of benzene rings is 1. The minimum absolute atomic E-state index is 0. The lowest BCUT2D eigenvalue weighted by Crippen LogP contribution is -2.04. The molecular formula is C7H11BrNO2P. The van der Waals surface area contributed by atoms with Gasteiger partial charge in [0, 0.05) is 0 Å². The molecule has 68 valence electrons. The number of rotatable bonds is 2. The Balaban J connectivity index is 0.00000121. The van der Waals surface area contributed by atoms with Gasteiger partial charge in [0.15, 0.2) is 0 Å². The molecule has 0 aromatic heterocycles. The molecule has 0 heterocycles. The first-order valence-corrected chi connectivity index (χ1v) is 4.68. The lowest BCUT2D eigenvalue weighted by atomic mass is 10.2. The summed E-state index contributed by atoms with van der Waals surface area (Å²) in [4.78, 5) is 8.70. The molecule has 0 aliphatic carbocycles. The molecule has 0 aliphatic rings. The Morgan fingerprint density at radius 3 is 2.25 bits per heavy atom. The van der Waals surface area contributed by atoms with E-state index in [4.69, 9.17) is 10.6 Å². The molecule has 1 rings (SSSR count). The van der Waals surface area contributed by atoms with Crippen LogP contribution in [0.1, 0.15) is 11.3 Å². The second-order valence-corrected chi connectivity index (χ2v) is 3.53. The smallest absolute Gasteiger partial charge is 0.209 e. The van der Waals surface area contributed by atoms with Crippen LogP contribution in [0, 0.1) is 0 Å². The van der Waals surface area contributed by atoms with Gasteiger partial charge in [-0.2, -0.15) is 0 Å². The van der Waals surface area contributed by atoms with E-state index in [1.165, 1.54) is 0 Å². The summed E-state index contributed by atoms with van der Waals surface area (Å²) in [6.45, 7) is 0. The second kappa shape index (κ2) is 5.49. The summed E-state index contributed by atoms with van der Waals surface area (Å²) in [5, 5.41) is 0. The van der Waals surface area contributed by atoms with Gasteiger partial charge in [0.2, 0.25) is 8.03 Å². The van der Waals surface area contributed by atoms with Gasteiger partial charge in [0.25, 0.3) is 0 Å². The van der Waals surface area contributed by atoms with E-state index in [9.17, 15) is 4.57 Å². The van der Waals surface area contributed by atoms with E-state index in [0.29, 0.717) is 5.56 Å². The molecule has 12 heavy (non-hydrogen) atoms. The summed E-state index contributed by atoms with van der Waals surface area (Å²) in [7, 11) is -2.64. The summed E-state index contributed by atoms with van der Waals surface area (Å²) < 4.78 is 10.6. The molecule has 2 atom stereocenters. The highest BCUT2D eigenvalue weighted by molar-refractivity contribution is 8.93. The fraction of sp³-hybridized carbons (Fsp3) is 0.143. The molecule has 5 heteroatoms. The third kappa shape index (κ3) is 3.07. The molecule has 0 saturated heterocycles. The molecule has 0 aliphatic heterocycles. The molecule has 0 saturated carbocycles. The molecule has 0 fully saturated rings. The van der Waals surface area contributed by atoms with Crippen LogP contribution in [0.5, 0.6) is 0 Å². The van der Waals surface area contributed by atoms with E-state index in [2.05, 4.69) is 0 Å². The van der Waals surface area contributed by atoms with Crippen LogP contribution < -0.4 is 5.73 Å². The van der Waals surface area contributed by atoms with E-state index in [1.54, 1.807) is 24.3 Å². The zero-order valence-corrected chi connectivity index (χ0v) is 9.02. The Hall–Kier alpha value is -0.150. The monoisotopic (exact) mass is 251 g/mol. The van der Waals surface area contributed by atoms with Crippen molar-refractivity contribution in [3.05, 3.63) is 35.9 Å². The minimum atomic E-state index is -2.64. The van der Waals surface area contributed by atoms with Crippen molar-refractivity contribution in [3.8, 4) is 0 Å². The van der Waals surface area contributed by atoms with Crippen molar-refractivity contribution in [1.82, 2.24) is 0 Å². The van der Waals surface area contributed by atoms with E-state index in [0.717, 1.165) is 0 Å². The predicted octanol–water partition coefficient (Wildman–Crippen LogP) is 1.69. The van der Waals surface area contributed by atoms with Gasteiger partial charge in [-0.15, -0.1) is 17.0 Å². The van der Waals surface area contributed by atoms with Crippen molar-refractivity contribution in [2.45, 2.75) is 5.78 Å². The largest absolute Gasteiger partial charge is 0.345 e. The van der Waals surface area contributed by atoms with Crippen LogP contribution in [0.15, 0.2) is 30.3 Å². The maximum absolute atomic E-state index is 10.6. The fourth-order valence-corrected chi connectivity index (χ4v) is 1.28. The van der Waals surface area contributed by atoms with Gasteiger partial charge >= 0.3 is 0 Å². The lowest BCUT2D eigenvalue weighted by molar-refractivity contribution is 0.491. The lowest BCUT2D eigenvalue weighted by Gasteiger charge is -2.06. The van der Waals surface area contributed by atoms with E-state index in [-0.39, 0.29) is 17.0 Å². The Morgan fingerprint density at radius 1 is 1.33 bits per heavy atom. The third-order valence-corrected chi connectivity index (χ3v) is 2.29. The zero-order valence-electron chi connectivity index (χ0n) is 6.31. The van der Waals surface area contributed by atoms with E-state index < -0.39 is 13.8 Å². The highest BCUT2D eigenvalue weighted by atomic mass is 79.9. The quantitative estimate of drug-likeness (QED) is 0.787. The van der Waals surface area contributed by atoms with Crippen LogP contribution in [0.25, 0.3) is 0 Å². The Bertz CT molecular complexity index is 255. The molecule has 0 amide bonds. The normalized spacial score (nSPS) is 14.5. The standard InChI is InChI=1S/C7H10NO2P.BrH/c8-7(11(9)10)6-4-2-1-3-5-6;/h1-5,7,11H,8H2,(H,9,10);1H. The van der Waals surface area contributed by atoms with Gasteiger partial charge in [-0.05, 0) is 5.56 Å². The summed E-state index contributed by atoms with van der Waals surface area (Å²) in [6, 6.07) is 8.90. The molecule has 0 radical (unpaired) electrons.